The number of nitrogens with one attached hydrogen (secondary N) is 1. The van der Waals surface area contributed by atoms with Crippen LogP contribution in [0.2, 0.25) is 0 Å². The van der Waals surface area contributed by atoms with Gasteiger partial charge in [0, 0.05) is 24.2 Å². The van der Waals surface area contributed by atoms with Crippen LogP contribution in [0.4, 0.5) is 20.2 Å². The maximum absolute atomic E-state index is 14.2. The minimum absolute atomic E-state index is 0.0222. The normalized spacial score (nSPS) is 17.2. The highest BCUT2D eigenvalue weighted by Gasteiger charge is 2.36. The molecule has 2 amide bonds. The summed E-state index contributed by atoms with van der Waals surface area (Å²) in [6.45, 7) is 1.39. The molecule has 0 spiro atoms. The molecule has 0 unspecified atom stereocenters. The van der Waals surface area contributed by atoms with Crippen molar-refractivity contribution in [1.82, 2.24) is 0 Å². The van der Waals surface area contributed by atoms with E-state index < -0.39 is 17.0 Å². The second-order valence-corrected chi connectivity index (χ2v) is 6.36. The lowest BCUT2D eigenvalue weighted by Crippen LogP contribution is -2.29. The van der Waals surface area contributed by atoms with Crippen molar-refractivity contribution in [3.8, 4) is 0 Å². The van der Waals surface area contributed by atoms with Crippen LogP contribution in [-0.2, 0) is 9.59 Å². The van der Waals surface area contributed by atoms with E-state index in [9.17, 15) is 18.4 Å². The van der Waals surface area contributed by atoms with Crippen molar-refractivity contribution < 1.29 is 18.4 Å². The van der Waals surface area contributed by atoms with Gasteiger partial charge in [-0.1, -0.05) is 18.2 Å². The van der Waals surface area contributed by atoms with Gasteiger partial charge in [0.1, 0.15) is 17.0 Å². The molecule has 1 atom stereocenters. The Morgan fingerprint density at radius 3 is 2.71 bits per heavy atom. The summed E-state index contributed by atoms with van der Waals surface area (Å²) in [5, 5.41) is 2.22. The Hall–Kier alpha value is -2.41. The first-order valence-corrected chi connectivity index (χ1v) is 8.27. The first kappa shape index (κ1) is 16.4. The topological polar surface area (TPSA) is 49.4 Å². The third-order valence-corrected chi connectivity index (χ3v) is 4.77. The van der Waals surface area contributed by atoms with Crippen molar-refractivity contribution in [2.75, 3.05) is 16.0 Å². The van der Waals surface area contributed by atoms with E-state index in [1.165, 1.54) is 29.7 Å². The minimum atomic E-state index is -0.798. The highest BCUT2D eigenvalue weighted by atomic mass is 32.2. The molecule has 124 valence electrons. The SMILES string of the molecule is CC(=O)Nc1ccccc1[C@@H]1SCC(=O)N1c1ccc(F)cc1F. The molecule has 1 N–H and O–H groups in total. The third-order valence-electron chi connectivity index (χ3n) is 3.57. The summed E-state index contributed by atoms with van der Waals surface area (Å²) in [6.07, 6.45) is 0. The number of nitrogens with zero attached hydrogens (tertiary/aromatic N) is 1. The number of benzene rings is 2. The van der Waals surface area contributed by atoms with Gasteiger partial charge in [0.15, 0.2) is 0 Å². The fourth-order valence-electron chi connectivity index (χ4n) is 2.61. The summed E-state index contributed by atoms with van der Waals surface area (Å²) >= 11 is 1.33. The van der Waals surface area contributed by atoms with Gasteiger partial charge in [-0.05, 0) is 18.2 Å². The van der Waals surface area contributed by atoms with Crippen LogP contribution in [0, 0.1) is 11.6 Å². The van der Waals surface area contributed by atoms with Crippen LogP contribution in [0.1, 0.15) is 17.9 Å². The highest BCUT2D eigenvalue weighted by molar-refractivity contribution is 8.00. The fourth-order valence-corrected chi connectivity index (χ4v) is 3.81. The number of thioether (sulfide) groups is 1. The number of carbonyl (C=O) groups is 2. The van der Waals surface area contributed by atoms with E-state index in [0.29, 0.717) is 11.3 Å². The van der Waals surface area contributed by atoms with E-state index in [0.717, 1.165) is 12.1 Å². The van der Waals surface area contributed by atoms with Crippen molar-refractivity contribution in [2.24, 2.45) is 0 Å². The van der Waals surface area contributed by atoms with Crippen molar-refractivity contribution in [3.05, 3.63) is 59.7 Å². The Morgan fingerprint density at radius 2 is 2.00 bits per heavy atom. The molecule has 2 aromatic rings. The summed E-state index contributed by atoms with van der Waals surface area (Å²) in [7, 11) is 0. The van der Waals surface area contributed by atoms with Gasteiger partial charge in [-0.25, -0.2) is 8.78 Å². The smallest absolute Gasteiger partial charge is 0.238 e. The van der Waals surface area contributed by atoms with E-state index >= 15 is 0 Å². The zero-order valence-corrected chi connectivity index (χ0v) is 13.6. The van der Waals surface area contributed by atoms with Crippen LogP contribution in [-0.4, -0.2) is 17.6 Å². The summed E-state index contributed by atoms with van der Waals surface area (Å²) in [4.78, 5) is 25.0. The van der Waals surface area contributed by atoms with Crippen LogP contribution in [0.15, 0.2) is 42.5 Å². The number of halogens is 2. The number of rotatable bonds is 3. The average molecular weight is 348 g/mol. The molecule has 1 aliphatic heterocycles. The summed E-state index contributed by atoms with van der Waals surface area (Å²) in [5.41, 5.74) is 1.27. The van der Waals surface area contributed by atoms with Crippen molar-refractivity contribution in [3.63, 3.8) is 0 Å². The van der Waals surface area contributed by atoms with Crippen LogP contribution in [0.25, 0.3) is 0 Å². The molecule has 1 aliphatic rings. The lowest BCUT2D eigenvalue weighted by molar-refractivity contribution is -0.116. The first-order valence-electron chi connectivity index (χ1n) is 7.22. The van der Waals surface area contributed by atoms with Crippen LogP contribution in [0.5, 0.6) is 0 Å². The molecule has 24 heavy (non-hydrogen) atoms. The molecule has 7 heteroatoms. The Balaban J connectivity index is 2.04. The van der Waals surface area contributed by atoms with Gasteiger partial charge >= 0.3 is 0 Å². The van der Waals surface area contributed by atoms with E-state index in [1.807, 2.05) is 0 Å². The molecular weight excluding hydrogens is 334 g/mol. The maximum Gasteiger partial charge on any atom is 0.238 e. The molecule has 0 saturated carbocycles. The van der Waals surface area contributed by atoms with Gasteiger partial charge in [-0.2, -0.15) is 0 Å². The second kappa shape index (κ2) is 6.60. The van der Waals surface area contributed by atoms with Gasteiger partial charge in [-0.15, -0.1) is 11.8 Å². The van der Waals surface area contributed by atoms with Gasteiger partial charge in [0.2, 0.25) is 11.8 Å². The van der Waals surface area contributed by atoms with Crippen LogP contribution >= 0.6 is 11.8 Å². The van der Waals surface area contributed by atoms with Crippen LogP contribution < -0.4 is 10.2 Å². The lowest BCUT2D eigenvalue weighted by atomic mass is 10.1. The van der Waals surface area contributed by atoms with Gasteiger partial charge in [-0.3, -0.25) is 14.5 Å². The zero-order valence-electron chi connectivity index (χ0n) is 12.8. The standard InChI is InChI=1S/C17H14F2N2O2S/c1-10(22)20-14-5-3-2-4-12(14)17-21(16(23)9-24-17)15-7-6-11(18)8-13(15)19/h2-8,17H,9H2,1H3,(H,20,22)/t17-/m0/s1. The summed E-state index contributed by atoms with van der Waals surface area (Å²) in [6, 6.07) is 10.2. The molecule has 2 aromatic carbocycles. The largest absolute Gasteiger partial charge is 0.326 e. The number of para-hydroxylation sites is 1. The molecule has 3 rings (SSSR count). The Morgan fingerprint density at radius 1 is 1.25 bits per heavy atom. The van der Waals surface area contributed by atoms with Gasteiger partial charge < -0.3 is 5.32 Å². The van der Waals surface area contributed by atoms with Gasteiger partial charge in [0.05, 0.1) is 11.4 Å². The molecule has 0 radical (unpaired) electrons. The predicted molar refractivity (Wildman–Crippen MR) is 89.8 cm³/mol. The van der Waals surface area contributed by atoms with E-state index in [2.05, 4.69) is 5.32 Å². The minimum Gasteiger partial charge on any atom is -0.326 e. The highest BCUT2D eigenvalue weighted by Crippen LogP contribution is 2.44. The molecule has 4 nitrogen and oxygen atoms in total. The van der Waals surface area contributed by atoms with Crippen molar-refractivity contribution >= 4 is 35.0 Å². The summed E-state index contributed by atoms with van der Waals surface area (Å²) < 4.78 is 27.3. The Kier molecular flexibility index (Phi) is 4.53. The second-order valence-electron chi connectivity index (χ2n) is 5.29. The summed E-state index contributed by atoms with van der Waals surface area (Å²) in [5.74, 6) is -1.83. The van der Waals surface area contributed by atoms with Crippen molar-refractivity contribution in [1.29, 1.82) is 0 Å². The van der Waals surface area contributed by atoms with Crippen molar-refractivity contribution in [2.45, 2.75) is 12.3 Å². The predicted octanol–water partition coefficient (Wildman–Crippen LogP) is 3.70. The zero-order chi connectivity index (χ0) is 17.3. The Labute approximate surface area is 141 Å². The number of hydrogen-bond acceptors (Lipinski definition) is 3. The number of carbonyl (C=O) groups excluding carboxylic acids is 2. The molecule has 0 bridgehead atoms. The first-order chi connectivity index (χ1) is 11.5. The quantitative estimate of drug-likeness (QED) is 0.920. The molecule has 1 saturated heterocycles. The van der Waals surface area contributed by atoms with E-state index in [-0.39, 0.29) is 23.3 Å². The number of anilines is 2. The van der Waals surface area contributed by atoms with Crippen LogP contribution in [0.3, 0.4) is 0 Å². The maximum atomic E-state index is 14.2. The average Bonchev–Trinajstić information content (AvgIpc) is 2.89. The third kappa shape index (κ3) is 3.12. The van der Waals surface area contributed by atoms with E-state index in [4.69, 9.17) is 0 Å². The lowest BCUT2D eigenvalue weighted by Gasteiger charge is -2.26. The molecule has 1 heterocycles. The molecule has 0 aliphatic carbocycles. The number of hydrogen-bond donors (Lipinski definition) is 1. The number of amides is 2. The monoisotopic (exact) mass is 348 g/mol. The molecule has 0 aromatic heterocycles. The fraction of sp³-hybridized carbons (Fsp3) is 0.176. The van der Waals surface area contributed by atoms with E-state index in [1.54, 1.807) is 24.3 Å². The molecular formula is C17H14F2N2O2S. The molecule has 1 fully saturated rings. The van der Waals surface area contributed by atoms with Gasteiger partial charge in [0.25, 0.3) is 0 Å². The Bertz CT molecular complexity index is 813.